The van der Waals surface area contributed by atoms with Gasteiger partial charge in [0.15, 0.2) is 0 Å². The molecule has 80 valence electrons. The fourth-order valence-electron chi connectivity index (χ4n) is 1.03. The van der Waals surface area contributed by atoms with Gasteiger partial charge in [-0.15, -0.1) is 0 Å². The van der Waals surface area contributed by atoms with E-state index in [9.17, 15) is 4.79 Å². The fraction of sp³-hybridized carbons (Fsp3) is 0.500. The molecule has 0 saturated carbocycles. The van der Waals surface area contributed by atoms with Crippen LogP contribution in [0.1, 0.15) is 37.0 Å². The van der Waals surface area contributed by atoms with E-state index in [-0.39, 0.29) is 17.9 Å². The summed E-state index contributed by atoms with van der Waals surface area (Å²) in [5.41, 5.74) is 1.14. The minimum Gasteiger partial charge on any atom is -0.338 e. The van der Waals surface area contributed by atoms with Crippen molar-refractivity contribution in [2.75, 3.05) is 6.54 Å². The maximum atomic E-state index is 11.4. The normalized spacial score (nSPS) is 10.8. The van der Waals surface area contributed by atoms with Gasteiger partial charge in [-0.1, -0.05) is 20.8 Å². The lowest BCUT2D eigenvalue weighted by Gasteiger charge is -2.14. The highest BCUT2D eigenvalue weighted by atomic mass is 16.1. The Balaban J connectivity index is 2.77. The van der Waals surface area contributed by atoms with E-state index < -0.39 is 0 Å². The Morgan fingerprint density at radius 1 is 1.67 bits per heavy atom. The third kappa shape index (κ3) is 2.81. The number of carbonyl (C=O) groups is 1. The molecule has 0 aliphatic heterocycles. The molecule has 0 atom stereocenters. The minimum absolute atomic E-state index is 0.00343. The van der Waals surface area contributed by atoms with Gasteiger partial charge < -0.3 is 5.32 Å². The summed E-state index contributed by atoms with van der Waals surface area (Å²) < 4.78 is 0. The van der Waals surface area contributed by atoms with E-state index in [1.807, 2.05) is 26.8 Å². The predicted molar refractivity (Wildman–Crippen MR) is 55.2 cm³/mol. The summed E-state index contributed by atoms with van der Waals surface area (Å²) in [6.07, 6.45) is 0. The lowest BCUT2D eigenvalue weighted by molar-refractivity contribution is 0.0953. The Labute approximate surface area is 88.5 Å². The van der Waals surface area contributed by atoms with Crippen LogP contribution in [0, 0.1) is 11.3 Å². The van der Waals surface area contributed by atoms with E-state index in [0.717, 1.165) is 5.69 Å². The Morgan fingerprint density at radius 3 is 2.80 bits per heavy atom. The molecule has 5 heteroatoms. The highest BCUT2D eigenvalue weighted by molar-refractivity contribution is 5.92. The number of nitrogens with one attached hydrogen (secondary N) is 2. The second-order valence-corrected chi connectivity index (χ2v) is 4.26. The molecule has 0 unspecified atom stereocenters. The molecule has 0 bridgehead atoms. The maximum Gasteiger partial charge on any atom is 0.272 e. The topological polar surface area (TPSA) is 81.6 Å². The van der Waals surface area contributed by atoms with Gasteiger partial charge in [-0.25, -0.2) is 0 Å². The molecular formula is C10H14N4O. The van der Waals surface area contributed by atoms with Crippen LogP contribution in [0.4, 0.5) is 0 Å². The summed E-state index contributed by atoms with van der Waals surface area (Å²) in [5.74, 6) is -0.330. The van der Waals surface area contributed by atoms with Crippen molar-refractivity contribution >= 4 is 5.91 Å². The SMILES string of the molecule is CC(C)(C)c1cc(C(=O)NCC#N)n[nH]1. The highest BCUT2D eigenvalue weighted by Crippen LogP contribution is 2.19. The molecule has 0 aliphatic carbocycles. The van der Waals surface area contributed by atoms with Gasteiger partial charge in [0.25, 0.3) is 5.91 Å². The Kier molecular flexibility index (Phi) is 3.10. The number of aromatic nitrogens is 2. The number of hydrogen-bond acceptors (Lipinski definition) is 3. The number of aromatic amines is 1. The third-order valence-electron chi connectivity index (χ3n) is 1.95. The van der Waals surface area contributed by atoms with Crippen LogP contribution in [0.15, 0.2) is 6.07 Å². The van der Waals surface area contributed by atoms with Crippen LogP contribution in [0.25, 0.3) is 0 Å². The van der Waals surface area contributed by atoms with Crippen LogP contribution in [-0.2, 0) is 5.41 Å². The molecular weight excluding hydrogens is 192 g/mol. The largest absolute Gasteiger partial charge is 0.338 e. The molecule has 0 saturated heterocycles. The zero-order valence-corrected chi connectivity index (χ0v) is 9.09. The molecule has 0 aromatic carbocycles. The third-order valence-corrected chi connectivity index (χ3v) is 1.95. The first kappa shape index (κ1) is 11.2. The summed E-state index contributed by atoms with van der Waals surface area (Å²) >= 11 is 0. The lowest BCUT2D eigenvalue weighted by Crippen LogP contribution is -2.23. The van der Waals surface area contributed by atoms with Crippen LogP contribution in [0.2, 0.25) is 0 Å². The molecule has 1 aromatic heterocycles. The molecule has 1 aromatic rings. The van der Waals surface area contributed by atoms with Gasteiger partial charge in [0.05, 0.1) is 6.07 Å². The van der Waals surface area contributed by atoms with Gasteiger partial charge in [-0.2, -0.15) is 10.4 Å². The van der Waals surface area contributed by atoms with Crippen LogP contribution in [0.5, 0.6) is 0 Å². The van der Waals surface area contributed by atoms with Crippen LogP contribution >= 0.6 is 0 Å². The zero-order valence-electron chi connectivity index (χ0n) is 9.09. The molecule has 0 radical (unpaired) electrons. The number of amides is 1. The van der Waals surface area contributed by atoms with Crippen LogP contribution < -0.4 is 5.32 Å². The van der Waals surface area contributed by atoms with E-state index in [0.29, 0.717) is 5.69 Å². The molecule has 2 N–H and O–H groups in total. The van der Waals surface area contributed by atoms with Gasteiger partial charge in [-0.3, -0.25) is 9.89 Å². The fourth-order valence-corrected chi connectivity index (χ4v) is 1.03. The average molecular weight is 206 g/mol. The van der Waals surface area contributed by atoms with Crippen molar-refractivity contribution in [2.24, 2.45) is 0 Å². The number of carbonyl (C=O) groups excluding carboxylic acids is 1. The monoisotopic (exact) mass is 206 g/mol. The van der Waals surface area contributed by atoms with Gasteiger partial charge >= 0.3 is 0 Å². The number of nitriles is 1. The van der Waals surface area contributed by atoms with E-state index in [1.54, 1.807) is 6.07 Å². The van der Waals surface area contributed by atoms with Gasteiger partial charge in [0.2, 0.25) is 0 Å². The maximum absolute atomic E-state index is 11.4. The molecule has 1 rings (SSSR count). The molecule has 5 nitrogen and oxygen atoms in total. The van der Waals surface area contributed by atoms with Gasteiger partial charge in [0, 0.05) is 11.1 Å². The Bertz CT molecular complexity index is 394. The van der Waals surface area contributed by atoms with Crippen molar-refractivity contribution in [1.82, 2.24) is 15.5 Å². The van der Waals surface area contributed by atoms with Crippen molar-refractivity contribution < 1.29 is 4.79 Å². The summed E-state index contributed by atoms with van der Waals surface area (Å²) in [4.78, 5) is 11.4. The molecule has 0 aliphatic rings. The molecule has 1 heterocycles. The smallest absolute Gasteiger partial charge is 0.272 e. The van der Waals surface area contributed by atoms with Crippen molar-refractivity contribution in [3.8, 4) is 6.07 Å². The molecule has 15 heavy (non-hydrogen) atoms. The van der Waals surface area contributed by atoms with Crippen molar-refractivity contribution in [3.63, 3.8) is 0 Å². The van der Waals surface area contributed by atoms with Gasteiger partial charge in [0.1, 0.15) is 12.2 Å². The number of H-pyrrole nitrogens is 1. The van der Waals surface area contributed by atoms with Crippen LogP contribution in [0.3, 0.4) is 0 Å². The summed E-state index contributed by atoms with van der Waals surface area (Å²) in [6, 6.07) is 3.54. The second-order valence-electron chi connectivity index (χ2n) is 4.26. The standard InChI is InChI=1S/C10H14N4O/c1-10(2,3)8-6-7(13-14-8)9(15)12-5-4-11/h6H,5H2,1-3H3,(H,12,15)(H,13,14). The van der Waals surface area contributed by atoms with Crippen LogP contribution in [-0.4, -0.2) is 22.6 Å². The summed E-state index contributed by atoms with van der Waals surface area (Å²) in [7, 11) is 0. The molecule has 1 amide bonds. The van der Waals surface area contributed by atoms with E-state index in [4.69, 9.17) is 5.26 Å². The first-order valence-electron chi connectivity index (χ1n) is 4.66. The molecule has 0 spiro atoms. The Morgan fingerprint density at radius 2 is 2.33 bits per heavy atom. The highest BCUT2D eigenvalue weighted by Gasteiger charge is 2.18. The predicted octanol–water partition coefficient (Wildman–Crippen LogP) is 0.961. The number of nitrogens with zero attached hydrogens (tertiary/aromatic N) is 2. The first-order chi connectivity index (χ1) is 6.95. The number of hydrogen-bond donors (Lipinski definition) is 2. The molecule has 0 fully saturated rings. The minimum atomic E-state index is -0.330. The van der Waals surface area contributed by atoms with Crippen molar-refractivity contribution in [1.29, 1.82) is 5.26 Å². The number of rotatable bonds is 2. The van der Waals surface area contributed by atoms with E-state index >= 15 is 0 Å². The first-order valence-corrected chi connectivity index (χ1v) is 4.66. The quantitative estimate of drug-likeness (QED) is 0.707. The second kappa shape index (κ2) is 4.13. The van der Waals surface area contributed by atoms with E-state index in [2.05, 4.69) is 15.5 Å². The van der Waals surface area contributed by atoms with Crippen molar-refractivity contribution in [2.45, 2.75) is 26.2 Å². The van der Waals surface area contributed by atoms with Crippen molar-refractivity contribution in [3.05, 3.63) is 17.5 Å². The average Bonchev–Trinajstić information content (AvgIpc) is 2.62. The lowest BCUT2D eigenvalue weighted by atomic mass is 9.92. The summed E-state index contributed by atoms with van der Waals surface area (Å²) in [5, 5.41) is 17.4. The van der Waals surface area contributed by atoms with Gasteiger partial charge in [-0.05, 0) is 6.07 Å². The van der Waals surface area contributed by atoms with E-state index in [1.165, 1.54) is 0 Å². The Hall–Kier alpha value is -1.83. The summed E-state index contributed by atoms with van der Waals surface area (Å²) in [6.45, 7) is 6.07. The zero-order chi connectivity index (χ0) is 11.5.